The standard InChI is InChI=1S/C17H17ClFN5O3/c1-11-16-17(26)23(10-22-24(16)9-21-11)7-15(25)20-6-13(19)8-27-14-4-2-3-12(18)5-14/h2-5,9-10,13H,6-8H2,1H3,(H,20,25). The highest BCUT2D eigenvalue weighted by molar-refractivity contribution is 6.30. The van der Waals surface area contributed by atoms with Crippen LogP contribution in [-0.2, 0) is 11.3 Å². The molecule has 2 aromatic heterocycles. The first-order chi connectivity index (χ1) is 12.9. The summed E-state index contributed by atoms with van der Waals surface area (Å²) in [5, 5.41) is 6.93. The lowest BCUT2D eigenvalue weighted by Crippen LogP contribution is -2.37. The van der Waals surface area contributed by atoms with E-state index in [1.165, 1.54) is 17.2 Å². The zero-order valence-electron chi connectivity index (χ0n) is 14.4. The fourth-order valence-corrected chi connectivity index (χ4v) is 2.60. The molecule has 10 heteroatoms. The predicted octanol–water partition coefficient (Wildman–Crippen LogP) is 1.39. The lowest BCUT2D eigenvalue weighted by atomic mass is 10.3. The second-order valence-electron chi connectivity index (χ2n) is 5.86. The highest BCUT2D eigenvalue weighted by Gasteiger charge is 2.13. The number of carbonyl (C=O) groups is 1. The Bertz CT molecular complexity index is 1020. The Balaban J connectivity index is 1.51. The molecule has 8 nitrogen and oxygen atoms in total. The second-order valence-corrected chi connectivity index (χ2v) is 6.29. The molecular weight excluding hydrogens is 377 g/mol. The molecule has 142 valence electrons. The lowest BCUT2D eigenvalue weighted by molar-refractivity contribution is -0.122. The fourth-order valence-electron chi connectivity index (χ4n) is 2.42. The largest absolute Gasteiger partial charge is 0.490 e. The van der Waals surface area contributed by atoms with Gasteiger partial charge >= 0.3 is 0 Å². The molecule has 0 radical (unpaired) electrons. The van der Waals surface area contributed by atoms with Gasteiger partial charge in [0.05, 0.1) is 12.2 Å². The number of nitrogens with zero attached hydrogens (tertiary/aromatic N) is 4. The van der Waals surface area contributed by atoms with Gasteiger partial charge in [-0.1, -0.05) is 17.7 Å². The topological polar surface area (TPSA) is 90.5 Å². The van der Waals surface area contributed by atoms with Crippen LogP contribution < -0.4 is 15.6 Å². The summed E-state index contributed by atoms with van der Waals surface area (Å²) in [6, 6.07) is 6.60. The van der Waals surface area contributed by atoms with Crippen molar-refractivity contribution in [2.75, 3.05) is 13.2 Å². The zero-order chi connectivity index (χ0) is 19.4. The molecule has 1 aromatic carbocycles. The maximum atomic E-state index is 13.9. The molecule has 1 unspecified atom stereocenters. The molecule has 0 saturated carbocycles. The number of carbonyl (C=O) groups excluding carboxylic acids is 1. The predicted molar refractivity (Wildman–Crippen MR) is 96.8 cm³/mol. The first-order valence-corrected chi connectivity index (χ1v) is 8.50. The van der Waals surface area contributed by atoms with E-state index in [1.54, 1.807) is 31.2 Å². The zero-order valence-corrected chi connectivity index (χ0v) is 15.2. The van der Waals surface area contributed by atoms with E-state index in [-0.39, 0.29) is 19.7 Å². The highest BCUT2D eigenvalue weighted by atomic mass is 35.5. The van der Waals surface area contributed by atoms with Gasteiger partial charge in [-0.05, 0) is 25.1 Å². The second kappa shape index (κ2) is 8.17. The molecule has 0 fully saturated rings. The third-order valence-corrected chi connectivity index (χ3v) is 4.01. The Morgan fingerprint density at radius 3 is 3.00 bits per heavy atom. The number of imidazole rings is 1. The van der Waals surface area contributed by atoms with Gasteiger partial charge in [0.1, 0.15) is 31.6 Å². The van der Waals surface area contributed by atoms with E-state index < -0.39 is 17.6 Å². The van der Waals surface area contributed by atoms with Gasteiger partial charge in [-0.3, -0.25) is 14.2 Å². The minimum absolute atomic E-state index is 0.233. The summed E-state index contributed by atoms with van der Waals surface area (Å²) in [4.78, 5) is 28.4. The molecule has 3 aromatic rings. The molecule has 0 bridgehead atoms. The first kappa shape index (κ1) is 18.8. The van der Waals surface area contributed by atoms with Crippen molar-refractivity contribution < 1.29 is 13.9 Å². The molecule has 0 aliphatic rings. The molecule has 1 atom stereocenters. The summed E-state index contributed by atoms with van der Waals surface area (Å²) in [5.41, 5.74) is 0.420. The number of rotatable bonds is 7. The summed E-state index contributed by atoms with van der Waals surface area (Å²) < 4.78 is 21.7. The molecule has 0 spiro atoms. The minimum atomic E-state index is -1.41. The third-order valence-electron chi connectivity index (χ3n) is 3.77. The van der Waals surface area contributed by atoms with E-state index in [0.717, 1.165) is 4.57 Å². The average molecular weight is 394 g/mol. The van der Waals surface area contributed by atoms with Gasteiger partial charge in [0.2, 0.25) is 5.91 Å². The van der Waals surface area contributed by atoms with Crippen LogP contribution in [0.25, 0.3) is 5.52 Å². The Hall–Kier alpha value is -2.94. The number of amides is 1. The van der Waals surface area contributed by atoms with E-state index in [4.69, 9.17) is 16.3 Å². The number of aryl methyl sites for hydroxylation is 1. The van der Waals surface area contributed by atoms with Crippen LogP contribution in [0.4, 0.5) is 4.39 Å². The van der Waals surface area contributed by atoms with Crippen molar-refractivity contribution in [1.82, 2.24) is 24.5 Å². The van der Waals surface area contributed by atoms with Crippen LogP contribution in [0.2, 0.25) is 5.02 Å². The molecular formula is C17H17ClFN5O3. The summed E-state index contributed by atoms with van der Waals surface area (Å²) in [6.45, 7) is 0.934. The van der Waals surface area contributed by atoms with Gasteiger partial charge in [-0.25, -0.2) is 13.9 Å². The quantitative estimate of drug-likeness (QED) is 0.655. The van der Waals surface area contributed by atoms with Gasteiger partial charge in [-0.15, -0.1) is 0 Å². The van der Waals surface area contributed by atoms with Crippen LogP contribution >= 0.6 is 11.6 Å². The smallest absolute Gasteiger partial charge is 0.280 e. The molecule has 2 heterocycles. The van der Waals surface area contributed by atoms with Crippen LogP contribution in [0.3, 0.4) is 0 Å². The monoisotopic (exact) mass is 393 g/mol. The Morgan fingerprint density at radius 1 is 1.41 bits per heavy atom. The Labute approximate surface area is 158 Å². The van der Waals surface area contributed by atoms with E-state index in [0.29, 0.717) is 22.0 Å². The maximum absolute atomic E-state index is 13.9. The number of benzene rings is 1. The van der Waals surface area contributed by atoms with Crippen LogP contribution in [0.1, 0.15) is 5.69 Å². The number of aromatic nitrogens is 4. The first-order valence-electron chi connectivity index (χ1n) is 8.12. The molecule has 0 aliphatic heterocycles. The summed E-state index contributed by atoms with van der Waals surface area (Å²) in [6.07, 6.45) is 1.25. The van der Waals surface area contributed by atoms with Crippen molar-refractivity contribution in [3.05, 3.63) is 58.0 Å². The number of nitrogens with one attached hydrogen (secondary N) is 1. The van der Waals surface area contributed by atoms with Gasteiger partial charge in [0.25, 0.3) is 5.56 Å². The van der Waals surface area contributed by atoms with E-state index in [1.807, 2.05) is 0 Å². The van der Waals surface area contributed by atoms with Crippen LogP contribution in [-0.4, -0.2) is 44.4 Å². The SMILES string of the molecule is Cc1ncn2ncn(CC(=O)NCC(F)COc3cccc(Cl)c3)c(=O)c12. The Morgan fingerprint density at radius 2 is 2.22 bits per heavy atom. The molecule has 27 heavy (non-hydrogen) atoms. The molecule has 3 rings (SSSR count). The van der Waals surface area contributed by atoms with Crippen molar-refractivity contribution in [3.63, 3.8) is 0 Å². The average Bonchev–Trinajstić information content (AvgIpc) is 3.02. The van der Waals surface area contributed by atoms with Crippen molar-refractivity contribution in [1.29, 1.82) is 0 Å². The molecule has 1 amide bonds. The van der Waals surface area contributed by atoms with E-state index >= 15 is 0 Å². The highest BCUT2D eigenvalue weighted by Crippen LogP contribution is 2.17. The van der Waals surface area contributed by atoms with Crippen molar-refractivity contribution >= 4 is 23.0 Å². The van der Waals surface area contributed by atoms with Crippen LogP contribution in [0.15, 0.2) is 41.7 Å². The van der Waals surface area contributed by atoms with E-state index in [9.17, 15) is 14.0 Å². The maximum Gasteiger partial charge on any atom is 0.280 e. The Kier molecular flexibility index (Phi) is 5.70. The molecule has 0 saturated heterocycles. The van der Waals surface area contributed by atoms with Crippen molar-refractivity contribution in [2.45, 2.75) is 19.6 Å². The van der Waals surface area contributed by atoms with Crippen LogP contribution in [0.5, 0.6) is 5.75 Å². The van der Waals surface area contributed by atoms with Crippen molar-refractivity contribution in [2.24, 2.45) is 0 Å². The molecule has 0 aliphatic carbocycles. The molecule has 1 N–H and O–H groups in total. The number of halogens is 2. The van der Waals surface area contributed by atoms with Gasteiger partial charge in [0.15, 0.2) is 11.7 Å². The van der Waals surface area contributed by atoms with Crippen LogP contribution in [0, 0.1) is 6.92 Å². The normalized spacial score (nSPS) is 12.1. The van der Waals surface area contributed by atoms with Crippen molar-refractivity contribution in [3.8, 4) is 5.75 Å². The number of alkyl halides is 1. The summed E-state index contributed by atoms with van der Waals surface area (Å²) >= 11 is 5.82. The van der Waals surface area contributed by atoms with Gasteiger partial charge in [-0.2, -0.15) is 5.10 Å². The number of hydrogen-bond donors (Lipinski definition) is 1. The van der Waals surface area contributed by atoms with Gasteiger partial charge < -0.3 is 10.1 Å². The number of fused-ring (bicyclic) bond motifs is 1. The summed E-state index contributed by atoms with van der Waals surface area (Å²) in [5.74, 6) is -0.0654. The fraction of sp³-hybridized carbons (Fsp3) is 0.294. The lowest BCUT2D eigenvalue weighted by Gasteiger charge is -2.12. The van der Waals surface area contributed by atoms with E-state index in [2.05, 4.69) is 15.4 Å². The number of hydrogen-bond acceptors (Lipinski definition) is 5. The third kappa shape index (κ3) is 4.62. The minimum Gasteiger partial charge on any atom is -0.490 e. The van der Waals surface area contributed by atoms with Gasteiger partial charge in [0, 0.05) is 5.02 Å². The summed E-state index contributed by atoms with van der Waals surface area (Å²) in [7, 11) is 0. The number of ether oxygens (including phenoxy) is 1.